The Morgan fingerprint density at radius 2 is 1.88 bits per heavy atom. The molecule has 1 unspecified atom stereocenters. The van der Waals surface area contributed by atoms with E-state index in [1.165, 1.54) is 29.1 Å². The number of carbonyl (C=O) groups excluding carboxylic acids is 1. The lowest BCUT2D eigenvalue weighted by atomic mass is 9.94. The molecule has 0 radical (unpaired) electrons. The molecule has 6 heteroatoms. The highest BCUT2D eigenvalue weighted by Gasteiger charge is 2.36. The van der Waals surface area contributed by atoms with Crippen molar-refractivity contribution >= 4 is 23.2 Å². The van der Waals surface area contributed by atoms with Crippen LogP contribution in [-0.4, -0.2) is 32.9 Å². The van der Waals surface area contributed by atoms with Crippen LogP contribution >= 0.6 is 11.3 Å². The van der Waals surface area contributed by atoms with Gasteiger partial charge in [-0.15, -0.1) is 11.3 Å². The van der Waals surface area contributed by atoms with Crippen LogP contribution in [0.2, 0.25) is 0 Å². The molecule has 2 aliphatic rings. The first-order valence-corrected chi connectivity index (χ1v) is 9.94. The number of hydrogen-bond donors (Lipinski definition) is 1. The summed E-state index contributed by atoms with van der Waals surface area (Å²) in [6, 6.07) is 6.93. The predicted molar refractivity (Wildman–Crippen MR) is 99.5 cm³/mol. The Morgan fingerprint density at radius 3 is 2.58 bits per heavy atom. The highest BCUT2D eigenvalue weighted by atomic mass is 32.1. The molecule has 1 aliphatic carbocycles. The van der Waals surface area contributed by atoms with Gasteiger partial charge in [-0.1, -0.05) is 37.1 Å². The molecule has 0 spiro atoms. The molecule has 1 aromatic carbocycles. The van der Waals surface area contributed by atoms with Gasteiger partial charge in [0.1, 0.15) is 10.9 Å². The molecule has 2 heterocycles. The number of benzene rings is 1. The van der Waals surface area contributed by atoms with Gasteiger partial charge in [-0.05, 0) is 30.9 Å². The molecule has 1 N–H and O–H groups in total. The van der Waals surface area contributed by atoms with Crippen LogP contribution in [0.5, 0.6) is 0 Å². The molecule has 0 saturated heterocycles. The summed E-state index contributed by atoms with van der Waals surface area (Å²) in [7, 11) is 0. The summed E-state index contributed by atoms with van der Waals surface area (Å²) in [4.78, 5) is 31.8. The molecular weight excluding hydrogens is 348 g/mol. The van der Waals surface area contributed by atoms with Gasteiger partial charge in [0, 0.05) is 18.9 Å². The largest absolute Gasteiger partial charge is 0.480 e. The number of rotatable bonds is 3. The fourth-order valence-corrected chi connectivity index (χ4v) is 5.24. The third-order valence-corrected chi connectivity index (χ3v) is 6.81. The Hall–Kier alpha value is -2.21. The van der Waals surface area contributed by atoms with Crippen molar-refractivity contribution in [2.75, 3.05) is 0 Å². The number of amides is 1. The lowest BCUT2D eigenvalue weighted by Gasteiger charge is -2.34. The van der Waals surface area contributed by atoms with Gasteiger partial charge in [-0.2, -0.15) is 0 Å². The number of nitrogens with zero attached hydrogens (tertiary/aromatic N) is 2. The van der Waals surface area contributed by atoms with E-state index in [0.717, 1.165) is 34.7 Å². The van der Waals surface area contributed by atoms with Crippen LogP contribution in [0, 0.1) is 6.92 Å². The maximum absolute atomic E-state index is 13.2. The van der Waals surface area contributed by atoms with Gasteiger partial charge in [0.05, 0.1) is 10.7 Å². The van der Waals surface area contributed by atoms with Crippen molar-refractivity contribution in [2.45, 2.75) is 57.5 Å². The second-order valence-electron chi connectivity index (χ2n) is 7.21. The highest BCUT2D eigenvalue weighted by Crippen LogP contribution is 2.38. The Bertz CT molecular complexity index is 854. The molecule has 136 valence electrons. The normalized spacial score (nSPS) is 20.2. The van der Waals surface area contributed by atoms with E-state index in [9.17, 15) is 14.7 Å². The summed E-state index contributed by atoms with van der Waals surface area (Å²) in [5.74, 6) is -0.699. The average Bonchev–Trinajstić information content (AvgIpc) is 3.29. The van der Waals surface area contributed by atoms with Gasteiger partial charge in [-0.3, -0.25) is 4.79 Å². The summed E-state index contributed by atoms with van der Waals surface area (Å²) in [6.07, 6.45) is 5.06. The molecule has 2 aromatic rings. The second kappa shape index (κ2) is 6.83. The zero-order valence-corrected chi connectivity index (χ0v) is 15.6. The number of aryl methyl sites for hydroxylation is 1. The van der Waals surface area contributed by atoms with Gasteiger partial charge in [0.2, 0.25) is 0 Å². The van der Waals surface area contributed by atoms with Crippen molar-refractivity contribution in [3.05, 3.63) is 51.0 Å². The number of aliphatic carboxylic acids is 1. The summed E-state index contributed by atoms with van der Waals surface area (Å²) < 4.78 is 0. The maximum atomic E-state index is 13.2. The molecule has 1 saturated carbocycles. The molecular formula is C20H22N2O3S. The van der Waals surface area contributed by atoms with Gasteiger partial charge in [-0.25, -0.2) is 9.78 Å². The second-order valence-corrected chi connectivity index (χ2v) is 8.24. The molecule has 1 atom stereocenters. The lowest BCUT2D eigenvalue weighted by Crippen LogP contribution is -2.48. The van der Waals surface area contributed by atoms with Crippen LogP contribution in [-0.2, 0) is 17.8 Å². The molecule has 0 bridgehead atoms. The van der Waals surface area contributed by atoms with Gasteiger partial charge >= 0.3 is 5.97 Å². The highest BCUT2D eigenvalue weighted by molar-refractivity contribution is 7.13. The van der Waals surface area contributed by atoms with E-state index in [4.69, 9.17) is 0 Å². The molecule has 5 nitrogen and oxygen atoms in total. The maximum Gasteiger partial charge on any atom is 0.326 e. The predicted octanol–water partition coefficient (Wildman–Crippen LogP) is 3.76. The number of fused-ring (bicyclic) bond motifs is 1. The first-order chi connectivity index (χ1) is 12.5. The van der Waals surface area contributed by atoms with Gasteiger partial charge in [0.25, 0.3) is 5.91 Å². The van der Waals surface area contributed by atoms with Gasteiger partial charge < -0.3 is 10.0 Å². The number of hydrogen-bond acceptors (Lipinski definition) is 4. The van der Waals surface area contributed by atoms with Crippen LogP contribution in [0.4, 0.5) is 0 Å². The van der Waals surface area contributed by atoms with Crippen LogP contribution in [0.3, 0.4) is 0 Å². The molecule has 1 aromatic heterocycles. The number of thiazole rings is 1. The van der Waals surface area contributed by atoms with Gasteiger partial charge in [0.15, 0.2) is 0 Å². The topological polar surface area (TPSA) is 70.5 Å². The summed E-state index contributed by atoms with van der Waals surface area (Å²) in [5, 5.41) is 10.7. The number of aromatic nitrogens is 1. The van der Waals surface area contributed by atoms with Crippen LogP contribution < -0.4 is 0 Å². The quantitative estimate of drug-likeness (QED) is 0.893. The number of carboxylic acid groups (broad SMARTS) is 1. The summed E-state index contributed by atoms with van der Waals surface area (Å²) >= 11 is 1.46. The van der Waals surface area contributed by atoms with E-state index in [1.54, 1.807) is 0 Å². The van der Waals surface area contributed by atoms with Crippen LogP contribution in [0.25, 0.3) is 0 Å². The van der Waals surface area contributed by atoms with Crippen LogP contribution in [0.15, 0.2) is 24.3 Å². The average molecular weight is 370 g/mol. The Kier molecular flexibility index (Phi) is 4.53. The lowest BCUT2D eigenvalue weighted by molar-refractivity contribution is -0.142. The fourth-order valence-electron chi connectivity index (χ4n) is 4.05. The van der Waals surface area contributed by atoms with E-state index in [2.05, 4.69) is 4.98 Å². The Morgan fingerprint density at radius 1 is 1.19 bits per heavy atom. The van der Waals surface area contributed by atoms with E-state index >= 15 is 0 Å². The van der Waals surface area contributed by atoms with Crippen molar-refractivity contribution in [3.8, 4) is 0 Å². The van der Waals surface area contributed by atoms with Crippen LogP contribution in [0.1, 0.15) is 63.1 Å². The Labute approximate surface area is 156 Å². The molecule has 4 rings (SSSR count). The molecule has 1 aliphatic heterocycles. The number of carboxylic acids is 1. The fraction of sp³-hybridized carbons (Fsp3) is 0.450. The monoisotopic (exact) mass is 370 g/mol. The third-order valence-electron chi connectivity index (χ3n) is 5.51. The summed E-state index contributed by atoms with van der Waals surface area (Å²) in [5.41, 5.74) is 2.76. The van der Waals surface area contributed by atoms with Crippen molar-refractivity contribution in [1.82, 2.24) is 9.88 Å². The zero-order chi connectivity index (χ0) is 18.3. The molecule has 26 heavy (non-hydrogen) atoms. The molecule has 1 amide bonds. The minimum Gasteiger partial charge on any atom is -0.480 e. The van der Waals surface area contributed by atoms with E-state index in [-0.39, 0.29) is 5.91 Å². The van der Waals surface area contributed by atoms with Crippen molar-refractivity contribution < 1.29 is 14.7 Å². The Balaban J connectivity index is 1.65. The van der Waals surface area contributed by atoms with Crippen molar-refractivity contribution in [2.24, 2.45) is 0 Å². The van der Waals surface area contributed by atoms with Crippen molar-refractivity contribution in [1.29, 1.82) is 0 Å². The SMILES string of the molecule is Cc1nc(C2CCCC2)sc1C(=O)N1Cc2ccccc2CC1C(=O)O. The standard InChI is InChI=1S/C20H22N2O3S/c1-12-17(26-18(21-12)13-6-2-3-7-13)19(23)22-11-15-9-5-4-8-14(15)10-16(22)20(24)25/h4-5,8-9,13,16H,2-3,6-7,10-11H2,1H3,(H,24,25). The molecule has 1 fully saturated rings. The van der Waals surface area contributed by atoms with E-state index in [0.29, 0.717) is 23.8 Å². The zero-order valence-electron chi connectivity index (χ0n) is 14.8. The minimum absolute atomic E-state index is 0.203. The minimum atomic E-state index is -0.953. The van der Waals surface area contributed by atoms with E-state index in [1.807, 2.05) is 31.2 Å². The van der Waals surface area contributed by atoms with E-state index < -0.39 is 12.0 Å². The summed E-state index contributed by atoms with van der Waals surface area (Å²) in [6.45, 7) is 2.19. The first-order valence-electron chi connectivity index (χ1n) is 9.12. The third kappa shape index (κ3) is 3.03. The smallest absolute Gasteiger partial charge is 0.326 e. The number of carbonyl (C=O) groups is 2. The first kappa shape index (κ1) is 17.2. The van der Waals surface area contributed by atoms with Crippen molar-refractivity contribution in [3.63, 3.8) is 0 Å².